The number of primary sulfonamides is 1. The summed E-state index contributed by atoms with van der Waals surface area (Å²) in [6.45, 7) is 6.44. The first-order chi connectivity index (χ1) is 9.20. The molecule has 6 nitrogen and oxygen atoms in total. The predicted molar refractivity (Wildman–Crippen MR) is 82.0 cm³/mol. The van der Waals surface area contributed by atoms with Crippen LogP contribution in [0.5, 0.6) is 0 Å². The smallest absolute Gasteiger partial charge is 0.273 e. The third-order valence-corrected chi connectivity index (χ3v) is 5.54. The van der Waals surface area contributed by atoms with Crippen LogP contribution in [0.25, 0.3) is 10.7 Å². The molecule has 0 amide bonds. The number of hydrogen-bond donors (Lipinski definition) is 1. The van der Waals surface area contributed by atoms with E-state index in [9.17, 15) is 8.42 Å². The molecule has 0 atom stereocenters. The molecule has 0 aliphatic carbocycles. The van der Waals surface area contributed by atoms with Crippen LogP contribution < -0.4 is 5.14 Å². The molecule has 2 aromatic rings. The third-order valence-electron chi connectivity index (χ3n) is 2.60. The molecule has 0 spiro atoms. The minimum Gasteiger partial charge on any atom is -0.296 e. The van der Waals surface area contributed by atoms with Gasteiger partial charge in [0.2, 0.25) is 0 Å². The molecule has 0 unspecified atom stereocenters. The molecule has 0 radical (unpaired) electrons. The number of nitrogens with two attached hydrogens (primary N) is 1. The maximum Gasteiger partial charge on any atom is 0.273 e. The Bertz CT molecular complexity index is 714. The average molecular weight is 379 g/mol. The summed E-state index contributed by atoms with van der Waals surface area (Å²) in [4.78, 5) is 0.859. The normalized spacial score (nSPS) is 12.3. The molecule has 2 aromatic heterocycles. The molecule has 0 aromatic carbocycles. The van der Waals surface area contributed by atoms with Gasteiger partial charge < -0.3 is 0 Å². The lowest BCUT2D eigenvalue weighted by Crippen LogP contribution is -2.20. The van der Waals surface area contributed by atoms with Gasteiger partial charge in [0.1, 0.15) is 0 Å². The van der Waals surface area contributed by atoms with Crippen LogP contribution in [-0.4, -0.2) is 23.2 Å². The summed E-state index contributed by atoms with van der Waals surface area (Å²) in [5, 5.41) is 12.8. The van der Waals surface area contributed by atoms with Crippen molar-refractivity contribution in [3.8, 4) is 10.7 Å². The fourth-order valence-corrected chi connectivity index (χ4v) is 3.93. The second-order valence-electron chi connectivity index (χ2n) is 4.92. The first-order valence-electron chi connectivity index (χ1n) is 5.92. The molecule has 0 aliphatic heterocycles. The molecule has 0 bridgehead atoms. The summed E-state index contributed by atoms with van der Waals surface area (Å²) in [5.41, 5.74) is 1.07. The van der Waals surface area contributed by atoms with Crippen LogP contribution in [0.4, 0.5) is 0 Å². The van der Waals surface area contributed by atoms with E-state index in [2.05, 4.69) is 26.1 Å². The average Bonchev–Trinajstić information content (AvgIpc) is 2.82. The lowest BCUT2D eigenvalue weighted by molar-refractivity contribution is 0.486. The van der Waals surface area contributed by atoms with Gasteiger partial charge in [0.15, 0.2) is 5.82 Å². The lowest BCUT2D eigenvalue weighted by atomic mass is 10.2. The Balaban J connectivity index is 2.62. The van der Waals surface area contributed by atoms with Crippen molar-refractivity contribution < 1.29 is 8.42 Å². The van der Waals surface area contributed by atoms with E-state index in [0.717, 1.165) is 14.2 Å². The molecule has 9 heteroatoms. The van der Waals surface area contributed by atoms with Gasteiger partial charge in [0.05, 0.1) is 8.66 Å². The Morgan fingerprint density at radius 1 is 1.45 bits per heavy atom. The van der Waals surface area contributed by atoms with E-state index in [-0.39, 0.29) is 11.1 Å². The summed E-state index contributed by atoms with van der Waals surface area (Å²) in [6, 6.07) is 1.95. The molecule has 0 aliphatic rings. The van der Waals surface area contributed by atoms with Crippen molar-refractivity contribution in [2.45, 2.75) is 32.5 Å². The molecule has 2 N–H and O–H groups in total. The van der Waals surface area contributed by atoms with Crippen LogP contribution >= 0.6 is 27.3 Å². The molecule has 0 fully saturated rings. The molecule has 2 rings (SSSR count). The van der Waals surface area contributed by atoms with Gasteiger partial charge in [-0.25, -0.2) is 13.6 Å². The Labute approximate surface area is 130 Å². The topological polar surface area (TPSA) is 90.9 Å². The van der Waals surface area contributed by atoms with Crippen molar-refractivity contribution in [2.75, 3.05) is 0 Å². The number of nitrogens with zero attached hydrogens (tertiary/aromatic N) is 3. The van der Waals surface area contributed by atoms with Gasteiger partial charge >= 0.3 is 0 Å². The minimum atomic E-state index is -3.89. The Hall–Kier alpha value is -0.770. The molecule has 110 valence electrons. The van der Waals surface area contributed by atoms with Crippen molar-refractivity contribution in [3.05, 3.63) is 15.4 Å². The summed E-state index contributed by atoms with van der Waals surface area (Å²) < 4.78 is 25.8. The van der Waals surface area contributed by atoms with Gasteiger partial charge in [0.25, 0.3) is 15.2 Å². The Morgan fingerprint density at radius 2 is 2.10 bits per heavy atom. The van der Waals surface area contributed by atoms with E-state index < -0.39 is 10.0 Å². The molecule has 0 saturated heterocycles. The van der Waals surface area contributed by atoms with Gasteiger partial charge in [-0.05, 0) is 40.4 Å². The van der Waals surface area contributed by atoms with Gasteiger partial charge in [-0.2, -0.15) is 0 Å². The first-order valence-corrected chi connectivity index (χ1v) is 9.08. The number of sulfonamides is 1. The highest BCUT2D eigenvalue weighted by Crippen LogP contribution is 2.34. The van der Waals surface area contributed by atoms with Crippen LogP contribution in [0.2, 0.25) is 0 Å². The van der Waals surface area contributed by atoms with E-state index in [4.69, 9.17) is 5.14 Å². The fourth-order valence-electron chi connectivity index (χ4n) is 1.78. The number of halogens is 1. The lowest BCUT2D eigenvalue weighted by Gasteiger charge is -2.10. The van der Waals surface area contributed by atoms with Crippen molar-refractivity contribution in [1.29, 1.82) is 0 Å². The Kier molecular flexibility index (Phi) is 4.33. The maximum absolute atomic E-state index is 11.6. The molecular formula is C11H15BrN4O2S2. The van der Waals surface area contributed by atoms with Crippen molar-refractivity contribution in [2.24, 2.45) is 11.1 Å². The molecule has 20 heavy (non-hydrogen) atoms. The summed E-state index contributed by atoms with van der Waals surface area (Å²) in [6.07, 6.45) is 0. The monoisotopic (exact) mass is 378 g/mol. The van der Waals surface area contributed by atoms with Gasteiger partial charge in [-0.3, -0.25) is 4.57 Å². The first kappa shape index (κ1) is 15.6. The van der Waals surface area contributed by atoms with Gasteiger partial charge in [0, 0.05) is 6.54 Å². The zero-order chi connectivity index (χ0) is 15.1. The number of rotatable bonds is 4. The van der Waals surface area contributed by atoms with E-state index in [0.29, 0.717) is 12.4 Å². The van der Waals surface area contributed by atoms with Crippen molar-refractivity contribution in [3.63, 3.8) is 0 Å². The van der Waals surface area contributed by atoms with Crippen LogP contribution in [0.3, 0.4) is 0 Å². The van der Waals surface area contributed by atoms with E-state index in [1.807, 2.05) is 26.8 Å². The standard InChI is InChI=1S/C11H15BrN4O2S2/c1-6(2)5-16-10(8-4-7(3)9(12)19-8)14-15-11(16)20(13,17)18/h4,6H,5H2,1-3H3,(H2,13,17,18). The predicted octanol–water partition coefficient (Wildman–Crippen LogP) is 2.38. The highest BCUT2D eigenvalue weighted by atomic mass is 79.9. The van der Waals surface area contributed by atoms with Gasteiger partial charge in [-0.1, -0.05) is 13.8 Å². The summed E-state index contributed by atoms with van der Waals surface area (Å²) in [5.74, 6) is 0.774. The van der Waals surface area contributed by atoms with Crippen molar-refractivity contribution >= 4 is 37.3 Å². The van der Waals surface area contributed by atoms with E-state index in [1.54, 1.807) is 4.57 Å². The quantitative estimate of drug-likeness (QED) is 0.883. The molecule has 2 heterocycles. The number of thiophene rings is 1. The molecule has 0 saturated carbocycles. The van der Waals surface area contributed by atoms with Gasteiger partial charge in [-0.15, -0.1) is 21.5 Å². The Morgan fingerprint density at radius 3 is 2.55 bits per heavy atom. The highest BCUT2D eigenvalue weighted by molar-refractivity contribution is 9.11. The zero-order valence-electron chi connectivity index (χ0n) is 11.3. The minimum absolute atomic E-state index is 0.191. The fraction of sp³-hybridized carbons (Fsp3) is 0.455. The second-order valence-corrected chi connectivity index (χ2v) is 8.75. The number of hydrogen-bond acceptors (Lipinski definition) is 5. The van der Waals surface area contributed by atoms with Crippen LogP contribution in [0.1, 0.15) is 19.4 Å². The zero-order valence-corrected chi connectivity index (χ0v) is 14.5. The summed E-state index contributed by atoms with van der Waals surface area (Å²) in [7, 11) is -3.89. The largest absolute Gasteiger partial charge is 0.296 e. The van der Waals surface area contributed by atoms with E-state index >= 15 is 0 Å². The number of aromatic nitrogens is 3. The third kappa shape index (κ3) is 3.11. The number of aryl methyl sites for hydroxylation is 1. The van der Waals surface area contributed by atoms with E-state index in [1.165, 1.54) is 11.3 Å². The second kappa shape index (κ2) is 5.55. The SMILES string of the molecule is Cc1cc(-c2nnc(S(N)(=O)=O)n2CC(C)C)sc1Br. The van der Waals surface area contributed by atoms with Crippen molar-refractivity contribution in [1.82, 2.24) is 14.8 Å². The summed E-state index contributed by atoms with van der Waals surface area (Å²) >= 11 is 4.94. The highest BCUT2D eigenvalue weighted by Gasteiger charge is 2.23. The van der Waals surface area contributed by atoms with Crippen LogP contribution in [0.15, 0.2) is 15.0 Å². The maximum atomic E-state index is 11.6. The van der Waals surface area contributed by atoms with Crippen LogP contribution in [-0.2, 0) is 16.6 Å². The molecular weight excluding hydrogens is 364 g/mol. The van der Waals surface area contributed by atoms with Crippen LogP contribution in [0, 0.1) is 12.8 Å².